The van der Waals surface area contributed by atoms with Gasteiger partial charge in [-0.2, -0.15) is 0 Å². The minimum absolute atomic E-state index is 0.145. The lowest BCUT2D eigenvalue weighted by atomic mass is 10.6. The van der Waals surface area contributed by atoms with E-state index in [0.29, 0.717) is 0 Å². The lowest BCUT2D eigenvalue weighted by Gasteiger charge is -2.26. The van der Waals surface area contributed by atoms with E-state index in [2.05, 4.69) is 6.58 Å². The van der Waals surface area contributed by atoms with Gasteiger partial charge in [0.25, 0.3) is 0 Å². The van der Waals surface area contributed by atoms with Crippen LogP contribution in [0.3, 0.4) is 0 Å². The highest BCUT2D eigenvalue weighted by atomic mass is 28.4. The summed E-state index contributed by atoms with van der Waals surface area (Å²) in [5.41, 5.74) is -0.145. The van der Waals surface area contributed by atoms with Gasteiger partial charge in [0, 0.05) is 13.2 Å². The zero-order valence-electron chi connectivity index (χ0n) is 8.09. The molecular formula is C8H16O3Si. The lowest BCUT2D eigenvalue weighted by Crippen LogP contribution is -2.44. The fraction of sp³-hybridized carbons (Fsp3) is 0.625. The predicted molar refractivity (Wildman–Crippen MR) is 50.2 cm³/mol. The Morgan fingerprint density at radius 2 is 2.08 bits per heavy atom. The predicted octanol–water partition coefficient (Wildman–Crippen LogP) is 1.49. The van der Waals surface area contributed by atoms with E-state index in [9.17, 15) is 4.79 Å². The van der Waals surface area contributed by atoms with E-state index in [1.807, 2.05) is 20.0 Å². The first kappa shape index (κ1) is 11.4. The summed E-state index contributed by atoms with van der Waals surface area (Å²) < 4.78 is 10.3. The van der Waals surface area contributed by atoms with Gasteiger partial charge in [-0.1, -0.05) is 6.58 Å². The number of hydrogen-bond donors (Lipinski definition) is 0. The van der Waals surface area contributed by atoms with Crippen molar-refractivity contribution in [3.05, 3.63) is 12.7 Å². The first-order chi connectivity index (χ1) is 5.44. The molecule has 0 aromatic rings. The number of hydrogen-bond acceptors (Lipinski definition) is 3. The molecule has 0 saturated carbocycles. The van der Waals surface area contributed by atoms with Gasteiger partial charge in [-0.15, -0.1) is 0 Å². The van der Waals surface area contributed by atoms with Gasteiger partial charge < -0.3 is 9.16 Å². The third-order valence-corrected chi connectivity index (χ3v) is 5.09. The second-order valence-corrected chi connectivity index (χ2v) is 7.52. The molecule has 3 nitrogen and oxygen atoms in total. The van der Waals surface area contributed by atoms with Crippen LogP contribution in [0.15, 0.2) is 12.7 Å². The van der Waals surface area contributed by atoms with Crippen LogP contribution in [0.5, 0.6) is 0 Å². The summed E-state index contributed by atoms with van der Waals surface area (Å²) in [5, 5.41) is 0. The smallest absolute Gasteiger partial charge is 0.330 e. The Morgan fingerprint density at radius 3 is 2.42 bits per heavy atom. The topological polar surface area (TPSA) is 35.5 Å². The molecule has 0 saturated heterocycles. The van der Waals surface area contributed by atoms with E-state index in [1.165, 1.54) is 0 Å². The van der Waals surface area contributed by atoms with Crippen LogP contribution in [0.1, 0.15) is 6.92 Å². The van der Waals surface area contributed by atoms with Crippen LogP contribution in [0, 0.1) is 0 Å². The Kier molecular flexibility index (Phi) is 4.20. The monoisotopic (exact) mass is 188 g/mol. The molecule has 0 aliphatic carbocycles. The maximum Gasteiger partial charge on any atom is 0.330 e. The molecule has 1 atom stereocenters. The van der Waals surface area contributed by atoms with Crippen LogP contribution in [-0.4, -0.2) is 27.1 Å². The van der Waals surface area contributed by atoms with Crippen LogP contribution >= 0.6 is 0 Å². The van der Waals surface area contributed by atoms with Crippen molar-refractivity contribution in [1.82, 2.24) is 0 Å². The molecule has 12 heavy (non-hydrogen) atoms. The second kappa shape index (κ2) is 4.42. The summed E-state index contributed by atoms with van der Waals surface area (Å²) in [6.07, 6.45) is 1.16. The highest BCUT2D eigenvalue weighted by Crippen LogP contribution is 2.12. The van der Waals surface area contributed by atoms with Crippen molar-refractivity contribution in [3.8, 4) is 0 Å². The molecule has 0 aliphatic heterocycles. The van der Waals surface area contributed by atoms with E-state index < -0.39 is 8.32 Å². The third kappa shape index (κ3) is 3.19. The molecule has 0 aromatic carbocycles. The van der Waals surface area contributed by atoms with Gasteiger partial charge in [-0.3, -0.25) is 0 Å². The van der Waals surface area contributed by atoms with Crippen LogP contribution in [0.2, 0.25) is 13.1 Å². The van der Waals surface area contributed by atoms with Crippen molar-refractivity contribution in [2.24, 2.45) is 0 Å². The van der Waals surface area contributed by atoms with Crippen LogP contribution < -0.4 is 0 Å². The third-order valence-electron chi connectivity index (χ3n) is 1.96. The number of esters is 1. The van der Waals surface area contributed by atoms with Gasteiger partial charge in [0.05, 0.1) is 0 Å². The first-order valence-electron chi connectivity index (χ1n) is 3.82. The van der Waals surface area contributed by atoms with Crippen LogP contribution in [0.25, 0.3) is 0 Å². The van der Waals surface area contributed by atoms with E-state index in [-0.39, 0.29) is 11.7 Å². The van der Waals surface area contributed by atoms with E-state index in [0.717, 1.165) is 6.08 Å². The first-order valence-corrected chi connectivity index (χ1v) is 6.80. The minimum Gasteiger partial charge on any atom is -0.460 e. The Morgan fingerprint density at radius 1 is 1.58 bits per heavy atom. The van der Waals surface area contributed by atoms with Gasteiger partial charge in [-0.25, -0.2) is 4.79 Å². The van der Waals surface area contributed by atoms with Gasteiger partial charge in [0.1, 0.15) is 5.73 Å². The Balaban J connectivity index is 4.11. The molecule has 0 amide bonds. The molecular weight excluding hydrogens is 172 g/mol. The summed E-state index contributed by atoms with van der Waals surface area (Å²) in [5.74, 6) is -0.389. The maximum atomic E-state index is 10.8. The van der Waals surface area contributed by atoms with Crippen molar-refractivity contribution in [2.45, 2.75) is 25.7 Å². The number of rotatable bonds is 4. The summed E-state index contributed by atoms with van der Waals surface area (Å²) >= 11 is 0. The molecule has 4 heteroatoms. The average Bonchev–Trinajstić information content (AvgIpc) is 2.04. The Labute approximate surface area is 74.5 Å². The van der Waals surface area contributed by atoms with E-state index in [1.54, 1.807) is 7.11 Å². The minimum atomic E-state index is -1.85. The van der Waals surface area contributed by atoms with E-state index >= 15 is 0 Å². The molecule has 0 rings (SSSR count). The number of carbonyl (C=O) groups excluding carboxylic acids is 1. The van der Waals surface area contributed by atoms with Crippen molar-refractivity contribution in [3.63, 3.8) is 0 Å². The fourth-order valence-corrected chi connectivity index (χ4v) is 1.26. The molecule has 1 unspecified atom stereocenters. The highest BCUT2D eigenvalue weighted by Gasteiger charge is 2.31. The molecule has 0 aliphatic rings. The largest absolute Gasteiger partial charge is 0.460 e. The zero-order valence-corrected chi connectivity index (χ0v) is 9.09. The number of ether oxygens (including phenoxy) is 1. The average molecular weight is 188 g/mol. The quantitative estimate of drug-likeness (QED) is 0.381. The van der Waals surface area contributed by atoms with Gasteiger partial charge >= 0.3 is 5.97 Å². The van der Waals surface area contributed by atoms with Crippen molar-refractivity contribution in [1.29, 1.82) is 0 Å². The number of carbonyl (C=O) groups is 1. The standard InChI is InChI=1S/C8H16O3Si/c1-6-8(9)11-7(2)12(4,5)10-3/h6-7H,1H2,2-5H3. The maximum absolute atomic E-state index is 10.8. The van der Waals surface area contributed by atoms with Crippen LogP contribution in [0.4, 0.5) is 0 Å². The summed E-state index contributed by atoms with van der Waals surface area (Å²) in [4.78, 5) is 10.8. The Bertz CT molecular complexity index is 177. The van der Waals surface area contributed by atoms with Crippen molar-refractivity contribution >= 4 is 14.3 Å². The summed E-state index contributed by atoms with van der Waals surface area (Å²) in [6, 6.07) is 0. The van der Waals surface area contributed by atoms with Gasteiger partial charge in [-0.05, 0) is 20.0 Å². The highest BCUT2D eigenvalue weighted by molar-refractivity contribution is 6.72. The molecule has 0 bridgehead atoms. The van der Waals surface area contributed by atoms with Crippen molar-refractivity contribution < 1.29 is 14.0 Å². The normalized spacial score (nSPS) is 13.7. The molecule has 70 valence electrons. The second-order valence-electron chi connectivity index (χ2n) is 3.09. The Hall–Kier alpha value is -0.613. The molecule has 0 heterocycles. The van der Waals surface area contributed by atoms with Gasteiger partial charge in [0.15, 0.2) is 0 Å². The van der Waals surface area contributed by atoms with Crippen molar-refractivity contribution in [2.75, 3.05) is 7.11 Å². The molecule has 0 radical (unpaired) electrons. The summed E-state index contributed by atoms with van der Waals surface area (Å²) in [6.45, 7) is 9.15. The zero-order chi connectivity index (χ0) is 9.78. The van der Waals surface area contributed by atoms with Gasteiger partial charge in [0.2, 0.25) is 8.32 Å². The lowest BCUT2D eigenvalue weighted by molar-refractivity contribution is -0.139. The SMILES string of the molecule is C=CC(=O)OC(C)[Si](C)(C)OC. The molecule has 0 fully saturated rings. The molecule has 0 spiro atoms. The molecule has 0 aromatic heterocycles. The molecule has 0 N–H and O–H groups in total. The van der Waals surface area contributed by atoms with E-state index in [4.69, 9.17) is 9.16 Å². The summed E-state index contributed by atoms with van der Waals surface area (Å²) in [7, 11) is -0.207. The fourth-order valence-electron chi connectivity index (χ4n) is 0.530. The van der Waals surface area contributed by atoms with Crippen LogP contribution in [-0.2, 0) is 14.0 Å².